The van der Waals surface area contributed by atoms with Crippen molar-refractivity contribution in [3.8, 4) is 0 Å². The van der Waals surface area contributed by atoms with Crippen LogP contribution in [0.4, 0.5) is 4.79 Å². The number of amides is 4. The van der Waals surface area contributed by atoms with Gasteiger partial charge in [0.25, 0.3) is 5.91 Å². The van der Waals surface area contributed by atoms with E-state index < -0.39 is 11.6 Å². The smallest absolute Gasteiger partial charge is 0.325 e. The van der Waals surface area contributed by atoms with E-state index in [0.29, 0.717) is 31.8 Å². The fraction of sp³-hybridized carbons (Fsp3) is 0.842. The predicted octanol–water partition coefficient (Wildman–Crippen LogP) is 1.63. The largest absolute Gasteiger partial charge is 0.353 e. The molecule has 4 amide bonds. The maximum absolute atomic E-state index is 12.8. The van der Waals surface area contributed by atoms with E-state index in [1.165, 1.54) is 0 Å². The third kappa shape index (κ3) is 4.75. The first-order valence-electron chi connectivity index (χ1n) is 9.81. The molecule has 0 aromatic carbocycles. The zero-order chi connectivity index (χ0) is 19.4. The summed E-state index contributed by atoms with van der Waals surface area (Å²) in [6.45, 7) is 10.6. The predicted molar refractivity (Wildman–Crippen MR) is 101 cm³/mol. The van der Waals surface area contributed by atoms with Gasteiger partial charge in [-0.1, -0.05) is 27.7 Å². The molecule has 148 valence electrons. The van der Waals surface area contributed by atoms with Crippen LogP contribution in [0.5, 0.6) is 0 Å². The summed E-state index contributed by atoms with van der Waals surface area (Å²) >= 11 is 0. The number of imide groups is 1. The molecule has 0 unspecified atom stereocenters. The number of hydrogen-bond acceptors (Lipinski definition) is 4. The monoisotopic (exact) mass is 366 g/mol. The van der Waals surface area contributed by atoms with E-state index in [1.54, 1.807) is 0 Å². The molecule has 1 spiro atoms. The van der Waals surface area contributed by atoms with Gasteiger partial charge < -0.3 is 16.0 Å². The van der Waals surface area contributed by atoms with Gasteiger partial charge in [-0.3, -0.25) is 14.5 Å². The summed E-state index contributed by atoms with van der Waals surface area (Å²) in [5.74, 6) is 0.00661. The molecule has 0 aromatic heterocycles. The maximum Gasteiger partial charge on any atom is 0.325 e. The van der Waals surface area contributed by atoms with Gasteiger partial charge in [-0.05, 0) is 50.0 Å². The Hall–Kier alpha value is -1.63. The summed E-state index contributed by atoms with van der Waals surface area (Å²) in [4.78, 5) is 38.3. The molecule has 2 fully saturated rings. The second-order valence-corrected chi connectivity index (χ2v) is 8.64. The Labute approximate surface area is 156 Å². The van der Waals surface area contributed by atoms with Crippen molar-refractivity contribution in [2.45, 2.75) is 65.3 Å². The van der Waals surface area contributed by atoms with Crippen LogP contribution >= 0.6 is 0 Å². The van der Waals surface area contributed by atoms with Crippen molar-refractivity contribution in [2.24, 2.45) is 11.3 Å². The van der Waals surface area contributed by atoms with Crippen molar-refractivity contribution in [1.29, 1.82) is 0 Å². The normalized spacial score (nSPS) is 26.3. The summed E-state index contributed by atoms with van der Waals surface area (Å²) in [7, 11) is 0. The first kappa shape index (κ1) is 20.7. The zero-order valence-corrected chi connectivity index (χ0v) is 16.6. The average molecular weight is 367 g/mol. The van der Waals surface area contributed by atoms with E-state index in [-0.39, 0.29) is 23.8 Å². The van der Waals surface area contributed by atoms with E-state index in [1.807, 2.05) is 0 Å². The fourth-order valence-corrected chi connectivity index (χ4v) is 3.93. The highest BCUT2D eigenvalue weighted by Crippen LogP contribution is 2.43. The molecule has 1 saturated carbocycles. The lowest BCUT2D eigenvalue weighted by Gasteiger charge is -2.40. The Morgan fingerprint density at radius 2 is 1.85 bits per heavy atom. The molecule has 7 heteroatoms. The minimum Gasteiger partial charge on any atom is -0.353 e. The van der Waals surface area contributed by atoms with Gasteiger partial charge >= 0.3 is 6.03 Å². The molecule has 1 saturated heterocycles. The highest BCUT2D eigenvalue weighted by atomic mass is 16.2. The Balaban J connectivity index is 1.86. The van der Waals surface area contributed by atoms with Gasteiger partial charge in [-0.15, -0.1) is 0 Å². The highest BCUT2D eigenvalue weighted by molar-refractivity contribution is 6.09. The van der Waals surface area contributed by atoms with Crippen LogP contribution in [0.3, 0.4) is 0 Å². The molecule has 0 atom stereocenters. The number of hydrogen-bond donors (Lipinski definition) is 3. The van der Waals surface area contributed by atoms with Crippen molar-refractivity contribution in [2.75, 3.05) is 26.2 Å². The van der Waals surface area contributed by atoms with Crippen LogP contribution in [0.15, 0.2) is 0 Å². The number of nitrogens with one attached hydrogen (secondary N) is 3. The van der Waals surface area contributed by atoms with Crippen LogP contribution in [0.1, 0.15) is 59.8 Å². The molecule has 2 aliphatic rings. The highest BCUT2D eigenvalue weighted by Gasteiger charge is 2.53. The van der Waals surface area contributed by atoms with Gasteiger partial charge in [0.1, 0.15) is 12.1 Å². The van der Waals surface area contributed by atoms with Crippen molar-refractivity contribution in [3.63, 3.8) is 0 Å². The SMILES string of the molecule is CCCNCCNC(=O)CN1C(=O)NC2(CCC(C(C)(C)C)CC2)C1=O. The van der Waals surface area contributed by atoms with Crippen LogP contribution in [0.2, 0.25) is 0 Å². The molecule has 0 radical (unpaired) electrons. The lowest BCUT2D eigenvalue weighted by Crippen LogP contribution is -2.51. The van der Waals surface area contributed by atoms with Crippen molar-refractivity contribution < 1.29 is 14.4 Å². The third-order valence-electron chi connectivity index (χ3n) is 5.66. The number of carbonyl (C=O) groups is 3. The minimum absolute atomic E-state index is 0.205. The topological polar surface area (TPSA) is 90.5 Å². The summed E-state index contributed by atoms with van der Waals surface area (Å²) in [5.41, 5.74) is -0.597. The maximum atomic E-state index is 12.8. The van der Waals surface area contributed by atoms with Crippen molar-refractivity contribution in [1.82, 2.24) is 20.9 Å². The van der Waals surface area contributed by atoms with Crippen LogP contribution in [-0.2, 0) is 9.59 Å². The van der Waals surface area contributed by atoms with E-state index in [4.69, 9.17) is 0 Å². The number of rotatable bonds is 7. The molecular formula is C19H34N4O3. The van der Waals surface area contributed by atoms with E-state index >= 15 is 0 Å². The first-order valence-corrected chi connectivity index (χ1v) is 9.81. The van der Waals surface area contributed by atoms with Gasteiger partial charge in [-0.25, -0.2) is 4.79 Å². The van der Waals surface area contributed by atoms with Crippen molar-refractivity contribution >= 4 is 17.8 Å². The van der Waals surface area contributed by atoms with Gasteiger partial charge in [0.2, 0.25) is 5.91 Å². The van der Waals surface area contributed by atoms with Crippen LogP contribution in [0, 0.1) is 11.3 Å². The second kappa shape index (κ2) is 8.37. The van der Waals surface area contributed by atoms with E-state index in [2.05, 4.69) is 43.6 Å². The van der Waals surface area contributed by atoms with Crippen LogP contribution in [0.25, 0.3) is 0 Å². The van der Waals surface area contributed by atoms with Crippen LogP contribution < -0.4 is 16.0 Å². The molecule has 1 aliphatic carbocycles. The molecule has 1 aliphatic heterocycles. The molecule has 2 rings (SSSR count). The molecular weight excluding hydrogens is 332 g/mol. The molecule has 1 heterocycles. The first-order chi connectivity index (χ1) is 12.2. The Kier molecular flexibility index (Phi) is 6.66. The molecule has 0 bridgehead atoms. The number of urea groups is 1. The summed E-state index contributed by atoms with van der Waals surface area (Å²) in [6, 6.07) is -0.441. The van der Waals surface area contributed by atoms with Crippen molar-refractivity contribution in [3.05, 3.63) is 0 Å². The summed E-state index contributed by atoms with van der Waals surface area (Å²) < 4.78 is 0. The van der Waals surface area contributed by atoms with E-state index in [9.17, 15) is 14.4 Å². The molecule has 26 heavy (non-hydrogen) atoms. The Morgan fingerprint density at radius 3 is 2.42 bits per heavy atom. The summed E-state index contributed by atoms with van der Waals surface area (Å²) in [6.07, 6.45) is 4.17. The lowest BCUT2D eigenvalue weighted by atomic mass is 9.67. The standard InChI is InChI=1S/C19H34N4O3/c1-5-10-20-11-12-21-15(24)13-23-16(25)19(22-17(23)26)8-6-14(7-9-19)18(2,3)4/h14,20H,5-13H2,1-4H3,(H,21,24)(H,22,26). The van der Waals surface area contributed by atoms with E-state index in [0.717, 1.165) is 30.7 Å². The van der Waals surface area contributed by atoms with Gasteiger partial charge in [-0.2, -0.15) is 0 Å². The average Bonchev–Trinajstić information content (AvgIpc) is 2.78. The van der Waals surface area contributed by atoms with Gasteiger partial charge in [0, 0.05) is 13.1 Å². The molecule has 0 aromatic rings. The Bertz CT molecular complexity index is 533. The lowest BCUT2D eigenvalue weighted by molar-refractivity contribution is -0.136. The quantitative estimate of drug-likeness (QED) is 0.472. The van der Waals surface area contributed by atoms with Gasteiger partial charge in [0.05, 0.1) is 0 Å². The minimum atomic E-state index is -0.804. The summed E-state index contributed by atoms with van der Waals surface area (Å²) in [5, 5.41) is 8.82. The van der Waals surface area contributed by atoms with Gasteiger partial charge in [0.15, 0.2) is 0 Å². The third-order valence-corrected chi connectivity index (χ3v) is 5.66. The Morgan fingerprint density at radius 1 is 1.19 bits per heavy atom. The molecule has 7 nitrogen and oxygen atoms in total. The second-order valence-electron chi connectivity index (χ2n) is 8.64. The fourth-order valence-electron chi connectivity index (χ4n) is 3.93. The van der Waals surface area contributed by atoms with Crippen LogP contribution in [-0.4, -0.2) is 54.5 Å². The number of nitrogens with zero attached hydrogens (tertiary/aromatic N) is 1. The molecule has 3 N–H and O–H groups in total. The number of carbonyl (C=O) groups excluding carboxylic acids is 3. The zero-order valence-electron chi connectivity index (χ0n) is 16.6.